The molecule has 0 spiro atoms. The number of sulfonamides is 1. The van der Waals surface area contributed by atoms with Crippen molar-refractivity contribution >= 4 is 27.6 Å². The van der Waals surface area contributed by atoms with E-state index in [9.17, 15) is 17.2 Å². The molecular weight excluding hydrogens is 406 g/mol. The third-order valence-electron chi connectivity index (χ3n) is 4.49. The van der Waals surface area contributed by atoms with Crippen LogP contribution < -0.4 is 20.3 Å². The SMILES string of the molecule is CNC1CN(c2nc(NCCS(=O)(=O)NCC(C)C)n3nc(C(F)F)cc3n2)C1. The maximum Gasteiger partial charge on any atom is 0.282 e. The van der Waals surface area contributed by atoms with Crippen LogP contribution in [0, 0.1) is 5.92 Å². The van der Waals surface area contributed by atoms with Crippen LogP contribution in [0.1, 0.15) is 26.0 Å². The molecule has 1 saturated heterocycles. The van der Waals surface area contributed by atoms with Crippen LogP contribution in [0.3, 0.4) is 0 Å². The number of anilines is 2. The molecule has 2 aromatic heterocycles. The Morgan fingerprint density at radius 2 is 2.00 bits per heavy atom. The fraction of sp³-hybridized carbons (Fsp3) is 0.688. The lowest BCUT2D eigenvalue weighted by atomic mass is 10.1. The highest BCUT2D eigenvalue weighted by Crippen LogP contribution is 2.23. The van der Waals surface area contributed by atoms with Crippen LogP contribution >= 0.6 is 0 Å². The largest absolute Gasteiger partial charge is 0.353 e. The van der Waals surface area contributed by atoms with E-state index < -0.39 is 22.1 Å². The maximum absolute atomic E-state index is 13.1. The Bertz CT molecular complexity index is 944. The third kappa shape index (κ3) is 5.28. The Morgan fingerprint density at radius 1 is 1.28 bits per heavy atom. The van der Waals surface area contributed by atoms with E-state index in [1.54, 1.807) is 0 Å². The molecule has 0 atom stereocenters. The van der Waals surface area contributed by atoms with Gasteiger partial charge in [0.2, 0.25) is 21.9 Å². The first kappa shape index (κ1) is 21.6. The van der Waals surface area contributed by atoms with Crippen LogP contribution in [-0.2, 0) is 10.0 Å². The van der Waals surface area contributed by atoms with E-state index in [-0.39, 0.29) is 29.8 Å². The summed E-state index contributed by atoms with van der Waals surface area (Å²) in [6, 6.07) is 1.52. The van der Waals surface area contributed by atoms with Gasteiger partial charge in [0.1, 0.15) is 5.69 Å². The fourth-order valence-corrected chi connectivity index (χ4v) is 3.85. The van der Waals surface area contributed by atoms with Gasteiger partial charge in [-0.05, 0) is 13.0 Å². The van der Waals surface area contributed by atoms with Crippen LogP contribution in [0.2, 0.25) is 0 Å². The minimum absolute atomic E-state index is 0.0436. The second kappa shape index (κ2) is 8.71. The number of rotatable bonds is 10. The molecule has 0 bridgehead atoms. The van der Waals surface area contributed by atoms with Crippen LogP contribution in [-0.4, -0.2) is 73.0 Å². The molecule has 1 aliphatic heterocycles. The zero-order chi connectivity index (χ0) is 21.2. The molecular formula is C16H26F2N8O2S. The molecule has 0 amide bonds. The second-order valence-electron chi connectivity index (χ2n) is 7.37. The van der Waals surface area contributed by atoms with E-state index in [2.05, 4.69) is 30.4 Å². The smallest absolute Gasteiger partial charge is 0.282 e. The van der Waals surface area contributed by atoms with Crippen molar-refractivity contribution in [2.75, 3.05) is 49.2 Å². The van der Waals surface area contributed by atoms with E-state index in [4.69, 9.17) is 0 Å². The van der Waals surface area contributed by atoms with Crippen LogP contribution in [0.25, 0.3) is 5.65 Å². The van der Waals surface area contributed by atoms with Gasteiger partial charge in [0, 0.05) is 38.3 Å². The summed E-state index contributed by atoms with van der Waals surface area (Å²) in [7, 11) is -1.60. The minimum atomic E-state index is -3.46. The molecule has 3 rings (SSSR count). The number of likely N-dealkylation sites (N-methyl/N-ethyl adjacent to an activating group) is 1. The van der Waals surface area contributed by atoms with Crippen molar-refractivity contribution in [3.63, 3.8) is 0 Å². The Hall–Kier alpha value is -2.12. The van der Waals surface area contributed by atoms with Crippen molar-refractivity contribution in [3.8, 4) is 0 Å². The van der Waals surface area contributed by atoms with Gasteiger partial charge < -0.3 is 15.5 Å². The highest BCUT2D eigenvalue weighted by Gasteiger charge is 2.28. The summed E-state index contributed by atoms with van der Waals surface area (Å²) in [5.74, 6) is 0.558. The summed E-state index contributed by atoms with van der Waals surface area (Å²) in [6.45, 7) is 5.59. The summed E-state index contributed by atoms with van der Waals surface area (Å²) in [5.41, 5.74) is -0.191. The Morgan fingerprint density at radius 3 is 2.62 bits per heavy atom. The first-order valence-electron chi connectivity index (χ1n) is 9.38. The van der Waals surface area contributed by atoms with Gasteiger partial charge in [0.25, 0.3) is 6.43 Å². The fourth-order valence-electron chi connectivity index (χ4n) is 2.74. The van der Waals surface area contributed by atoms with Gasteiger partial charge in [-0.1, -0.05) is 13.8 Å². The lowest BCUT2D eigenvalue weighted by Crippen LogP contribution is -2.57. The third-order valence-corrected chi connectivity index (χ3v) is 5.84. The average molecular weight is 433 g/mol. The maximum atomic E-state index is 13.1. The molecule has 0 radical (unpaired) electrons. The number of fused-ring (bicyclic) bond motifs is 1. The van der Waals surface area contributed by atoms with E-state index in [1.807, 2.05) is 25.8 Å². The van der Waals surface area contributed by atoms with E-state index in [0.29, 0.717) is 31.6 Å². The lowest BCUT2D eigenvalue weighted by molar-refractivity contribution is 0.145. The second-order valence-corrected chi connectivity index (χ2v) is 9.29. The van der Waals surface area contributed by atoms with Gasteiger partial charge in [0.15, 0.2) is 5.65 Å². The van der Waals surface area contributed by atoms with Crippen LogP contribution in [0.15, 0.2) is 6.07 Å². The normalized spacial score (nSPS) is 15.5. The molecule has 0 saturated carbocycles. The standard InChI is InChI=1S/C16H26F2N8O2S/c1-10(2)7-21-29(27,28)5-4-20-15-23-16(25-8-11(9-25)19-3)22-13-6-12(14(17)18)24-26(13)15/h6,10-11,14,19,21H,4-5,7-9H2,1-3H3,(H,20,22,23). The molecule has 10 nitrogen and oxygen atoms in total. The number of aromatic nitrogens is 4. The Balaban J connectivity index is 1.77. The van der Waals surface area contributed by atoms with Gasteiger partial charge in [-0.3, -0.25) is 0 Å². The van der Waals surface area contributed by atoms with E-state index >= 15 is 0 Å². The molecule has 13 heteroatoms. The van der Waals surface area contributed by atoms with Crippen molar-refractivity contribution in [3.05, 3.63) is 11.8 Å². The van der Waals surface area contributed by atoms with Crippen molar-refractivity contribution in [2.24, 2.45) is 5.92 Å². The first-order valence-corrected chi connectivity index (χ1v) is 11.0. The number of nitrogens with zero attached hydrogens (tertiary/aromatic N) is 5. The lowest BCUT2D eigenvalue weighted by Gasteiger charge is -2.39. The predicted octanol–water partition coefficient (Wildman–Crippen LogP) is 0.457. The number of hydrogen-bond acceptors (Lipinski definition) is 8. The van der Waals surface area contributed by atoms with Crippen molar-refractivity contribution in [1.29, 1.82) is 0 Å². The number of halogens is 2. The van der Waals surface area contributed by atoms with E-state index in [1.165, 1.54) is 10.6 Å². The van der Waals surface area contributed by atoms with Gasteiger partial charge in [-0.25, -0.2) is 21.9 Å². The molecule has 162 valence electrons. The van der Waals surface area contributed by atoms with Gasteiger partial charge in [-0.2, -0.15) is 19.6 Å². The Kier molecular flexibility index (Phi) is 6.49. The topological polar surface area (TPSA) is 117 Å². The van der Waals surface area contributed by atoms with Gasteiger partial charge in [-0.15, -0.1) is 0 Å². The van der Waals surface area contributed by atoms with Crippen molar-refractivity contribution < 1.29 is 17.2 Å². The van der Waals surface area contributed by atoms with Crippen LogP contribution in [0.4, 0.5) is 20.7 Å². The molecule has 0 aromatic carbocycles. The summed E-state index contributed by atoms with van der Waals surface area (Å²) in [5, 5.41) is 9.88. The first-order chi connectivity index (χ1) is 13.7. The van der Waals surface area contributed by atoms with E-state index in [0.717, 1.165) is 0 Å². The monoisotopic (exact) mass is 432 g/mol. The van der Waals surface area contributed by atoms with Gasteiger partial charge in [0.05, 0.1) is 5.75 Å². The number of hydrogen-bond donors (Lipinski definition) is 3. The summed E-state index contributed by atoms with van der Waals surface area (Å²) < 4.78 is 54.0. The van der Waals surface area contributed by atoms with Crippen LogP contribution in [0.5, 0.6) is 0 Å². The number of alkyl halides is 2. The molecule has 2 aromatic rings. The van der Waals surface area contributed by atoms with Gasteiger partial charge >= 0.3 is 0 Å². The quantitative estimate of drug-likeness (QED) is 0.496. The molecule has 1 fully saturated rings. The zero-order valence-corrected chi connectivity index (χ0v) is 17.4. The summed E-state index contributed by atoms with van der Waals surface area (Å²) >= 11 is 0. The molecule has 1 aliphatic rings. The highest BCUT2D eigenvalue weighted by atomic mass is 32.2. The summed E-state index contributed by atoms with van der Waals surface area (Å²) in [4.78, 5) is 10.6. The molecule has 3 N–H and O–H groups in total. The predicted molar refractivity (Wildman–Crippen MR) is 106 cm³/mol. The number of nitrogens with one attached hydrogen (secondary N) is 3. The minimum Gasteiger partial charge on any atom is -0.353 e. The highest BCUT2D eigenvalue weighted by molar-refractivity contribution is 7.89. The van der Waals surface area contributed by atoms with Crippen molar-refractivity contribution in [1.82, 2.24) is 29.6 Å². The molecule has 29 heavy (non-hydrogen) atoms. The Labute approximate surface area is 168 Å². The molecule has 0 aliphatic carbocycles. The molecule has 3 heterocycles. The average Bonchev–Trinajstić information content (AvgIpc) is 3.04. The zero-order valence-electron chi connectivity index (χ0n) is 16.6. The molecule has 0 unspecified atom stereocenters. The van der Waals surface area contributed by atoms with Crippen molar-refractivity contribution in [2.45, 2.75) is 26.3 Å². The summed E-state index contributed by atoms with van der Waals surface area (Å²) in [6.07, 6.45) is -2.74.